The molecule has 0 bridgehead atoms. The third-order valence-corrected chi connectivity index (χ3v) is 3.51. The SMILES string of the molecule is Cc1c(C(=O)NCC(O)C(C)(C)C)oc2ccccc12. The van der Waals surface area contributed by atoms with E-state index in [1.165, 1.54) is 0 Å². The number of amides is 1. The van der Waals surface area contributed by atoms with Crippen LogP contribution in [0, 0.1) is 12.3 Å². The molecule has 0 radical (unpaired) electrons. The van der Waals surface area contributed by atoms with Gasteiger partial charge in [0.2, 0.25) is 0 Å². The number of fused-ring (bicyclic) bond motifs is 1. The average molecular weight is 275 g/mol. The highest BCUT2D eigenvalue weighted by atomic mass is 16.3. The van der Waals surface area contributed by atoms with E-state index in [1.807, 2.05) is 52.0 Å². The van der Waals surface area contributed by atoms with Crippen molar-refractivity contribution in [2.45, 2.75) is 33.8 Å². The number of nitrogens with one attached hydrogen (secondary N) is 1. The van der Waals surface area contributed by atoms with Crippen LogP contribution >= 0.6 is 0 Å². The molecule has 1 heterocycles. The molecule has 0 aliphatic carbocycles. The highest BCUT2D eigenvalue weighted by Crippen LogP contribution is 2.25. The number of hydrogen-bond donors (Lipinski definition) is 2. The molecule has 1 aromatic carbocycles. The molecule has 2 N–H and O–H groups in total. The summed E-state index contributed by atoms with van der Waals surface area (Å²) < 4.78 is 5.58. The van der Waals surface area contributed by atoms with Crippen molar-refractivity contribution in [2.75, 3.05) is 6.54 Å². The van der Waals surface area contributed by atoms with Gasteiger partial charge in [0, 0.05) is 17.5 Å². The summed E-state index contributed by atoms with van der Waals surface area (Å²) in [4.78, 5) is 12.2. The third kappa shape index (κ3) is 2.85. The zero-order valence-corrected chi connectivity index (χ0v) is 12.4. The van der Waals surface area contributed by atoms with Crippen LogP contribution in [0.4, 0.5) is 0 Å². The lowest BCUT2D eigenvalue weighted by molar-refractivity contribution is 0.0579. The van der Waals surface area contributed by atoms with Crippen LogP contribution < -0.4 is 5.32 Å². The summed E-state index contributed by atoms with van der Waals surface area (Å²) in [6.45, 7) is 7.85. The molecule has 1 unspecified atom stereocenters. The normalized spacial score (nSPS) is 13.4. The Morgan fingerprint density at radius 3 is 2.60 bits per heavy atom. The van der Waals surface area contributed by atoms with E-state index in [-0.39, 0.29) is 17.9 Å². The van der Waals surface area contributed by atoms with Gasteiger partial charge in [0.1, 0.15) is 5.58 Å². The first-order chi connectivity index (χ1) is 9.30. The van der Waals surface area contributed by atoms with E-state index in [4.69, 9.17) is 4.42 Å². The fourth-order valence-electron chi connectivity index (χ4n) is 1.97. The van der Waals surface area contributed by atoms with Crippen molar-refractivity contribution in [2.24, 2.45) is 5.41 Å². The molecule has 1 atom stereocenters. The highest BCUT2D eigenvalue weighted by molar-refractivity contribution is 5.98. The van der Waals surface area contributed by atoms with E-state index in [9.17, 15) is 9.90 Å². The van der Waals surface area contributed by atoms with E-state index in [1.54, 1.807) is 0 Å². The van der Waals surface area contributed by atoms with Gasteiger partial charge in [-0.15, -0.1) is 0 Å². The number of aliphatic hydroxyl groups excluding tert-OH is 1. The molecular weight excluding hydrogens is 254 g/mol. The van der Waals surface area contributed by atoms with E-state index in [0.717, 1.165) is 10.9 Å². The number of carbonyl (C=O) groups is 1. The number of hydrogen-bond acceptors (Lipinski definition) is 3. The van der Waals surface area contributed by atoms with Gasteiger partial charge in [-0.05, 0) is 18.4 Å². The number of furan rings is 1. The molecule has 108 valence electrons. The first-order valence-corrected chi connectivity index (χ1v) is 6.75. The van der Waals surface area contributed by atoms with Crippen LogP contribution in [0.5, 0.6) is 0 Å². The van der Waals surface area contributed by atoms with Crippen molar-refractivity contribution >= 4 is 16.9 Å². The van der Waals surface area contributed by atoms with Crippen molar-refractivity contribution in [1.29, 1.82) is 0 Å². The fourth-order valence-corrected chi connectivity index (χ4v) is 1.97. The summed E-state index contributed by atoms with van der Waals surface area (Å²) in [5.74, 6) is 0.0225. The van der Waals surface area contributed by atoms with Gasteiger partial charge in [-0.25, -0.2) is 0 Å². The summed E-state index contributed by atoms with van der Waals surface area (Å²) in [7, 11) is 0. The number of aryl methyl sites for hydroxylation is 1. The van der Waals surface area contributed by atoms with Gasteiger partial charge in [-0.2, -0.15) is 0 Å². The van der Waals surface area contributed by atoms with Crippen molar-refractivity contribution < 1.29 is 14.3 Å². The lowest BCUT2D eigenvalue weighted by Crippen LogP contribution is -2.39. The molecule has 4 nitrogen and oxygen atoms in total. The lowest BCUT2D eigenvalue weighted by Gasteiger charge is -2.25. The zero-order valence-electron chi connectivity index (χ0n) is 12.4. The Labute approximate surface area is 118 Å². The summed E-state index contributed by atoms with van der Waals surface area (Å²) in [6, 6.07) is 7.55. The number of aliphatic hydroxyl groups is 1. The third-order valence-electron chi connectivity index (χ3n) is 3.51. The summed E-state index contributed by atoms with van der Waals surface area (Å²) >= 11 is 0. The van der Waals surface area contributed by atoms with Crippen LogP contribution in [-0.2, 0) is 0 Å². The first-order valence-electron chi connectivity index (χ1n) is 6.75. The van der Waals surface area contributed by atoms with Crippen LogP contribution in [0.1, 0.15) is 36.9 Å². The predicted octanol–water partition coefficient (Wildman–Crippen LogP) is 2.88. The largest absolute Gasteiger partial charge is 0.451 e. The summed E-state index contributed by atoms with van der Waals surface area (Å²) in [5.41, 5.74) is 1.26. The Bertz CT molecular complexity index is 622. The maximum Gasteiger partial charge on any atom is 0.287 e. The van der Waals surface area contributed by atoms with Gasteiger partial charge < -0.3 is 14.8 Å². The maximum atomic E-state index is 12.2. The first kappa shape index (κ1) is 14.6. The minimum atomic E-state index is -0.601. The molecule has 1 aromatic heterocycles. The van der Waals surface area contributed by atoms with Gasteiger partial charge in [0.05, 0.1) is 6.10 Å². The van der Waals surface area contributed by atoms with Crippen LogP contribution in [0.25, 0.3) is 11.0 Å². The Kier molecular flexibility index (Phi) is 3.86. The van der Waals surface area contributed by atoms with Crippen molar-refractivity contribution in [3.05, 3.63) is 35.6 Å². The van der Waals surface area contributed by atoms with E-state index < -0.39 is 6.10 Å². The molecule has 0 spiro atoms. The Morgan fingerprint density at radius 1 is 1.35 bits per heavy atom. The van der Waals surface area contributed by atoms with Crippen LogP contribution in [0.3, 0.4) is 0 Å². The molecule has 0 saturated carbocycles. The second kappa shape index (κ2) is 5.29. The zero-order chi connectivity index (χ0) is 14.9. The average Bonchev–Trinajstić information content (AvgIpc) is 2.72. The van der Waals surface area contributed by atoms with Crippen LogP contribution in [0.2, 0.25) is 0 Å². The van der Waals surface area contributed by atoms with Crippen molar-refractivity contribution in [3.8, 4) is 0 Å². The highest BCUT2D eigenvalue weighted by Gasteiger charge is 2.24. The van der Waals surface area contributed by atoms with Gasteiger partial charge in [-0.3, -0.25) is 4.79 Å². The lowest BCUT2D eigenvalue weighted by atomic mass is 9.89. The van der Waals surface area contributed by atoms with Gasteiger partial charge in [-0.1, -0.05) is 39.0 Å². The molecule has 0 saturated heterocycles. The summed E-state index contributed by atoms with van der Waals surface area (Å²) in [6.07, 6.45) is -0.601. The minimum Gasteiger partial charge on any atom is -0.451 e. The topological polar surface area (TPSA) is 62.5 Å². The number of para-hydroxylation sites is 1. The molecule has 2 rings (SSSR count). The standard InChI is InChI=1S/C16H21NO3/c1-10-11-7-5-6-8-12(11)20-14(10)15(19)17-9-13(18)16(2,3)4/h5-8,13,18H,9H2,1-4H3,(H,17,19). The monoisotopic (exact) mass is 275 g/mol. The molecule has 0 aliphatic rings. The molecule has 20 heavy (non-hydrogen) atoms. The fraction of sp³-hybridized carbons (Fsp3) is 0.438. The summed E-state index contributed by atoms with van der Waals surface area (Å²) in [5, 5.41) is 13.6. The van der Waals surface area contributed by atoms with Crippen LogP contribution in [-0.4, -0.2) is 23.7 Å². The van der Waals surface area contributed by atoms with Crippen molar-refractivity contribution in [1.82, 2.24) is 5.32 Å². The van der Waals surface area contributed by atoms with Crippen molar-refractivity contribution in [3.63, 3.8) is 0 Å². The number of benzene rings is 1. The molecule has 4 heteroatoms. The molecular formula is C16H21NO3. The number of rotatable bonds is 3. The minimum absolute atomic E-state index is 0.207. The molecule has 1 amide bonds. The van der Waals surface area contributed by atoms with E-state index in [0.29, 0.717) is 11.3 Å². The second-order valence-corrected chi connectivity index (χ2v) is 6.14. The van der Waals surface area contributed by atoms with Crippen LogP contribution in [0.15, 0.2) is 28.7 Å². The molecule has 0 aliphatic heterocycles. The van der Waals surface area contributed by atoms with Gasteiger partial charge >= 0.3 is 0 Å². The van der Waals surface area contributed by atoms with E-state index >= 15 is 0 Å². The Morgan fingerprint density at radius 2 is 2.00 bits per heavy atom. The Hall–Kier alpha value is -1.81. The number of carbonyl (C=O) groups excluding carboxylic acids is 1. The predicted molar refractivity (Wildman–Crippen MR) is 78.7 cm³/mol. The van der Waals surface area contributed by atoms with E-state index in [2.05, 4.69) is 5.32 Å². The second-order valence-electron chi connectivity index (χ2n) is 6.14. The quantitative estimate of drug-likeness (QED) is 0.905. The van der Waals surface area contributed by atoms with Gasteiger partial charge in [0.25, 0.3) is 5.91 Å². The molecule has 2 aromatic rings. The maximum absolute atomic E-state index is 12.2. The molecule has 0 fully saturated rings. The Balaban J connectivity index is 2.14. The smallest absolute Gasteiger partial charge is 0.287 e. The van der Waals surface area contributed by atoms with Gasteiger partial charge in [0.15, 0.2) is 5.76 Å².